The van der Waals surface area contributed by atoms with E-state index in [4.69, 9.17) is 0 Å². The number of fused-ring (bicyclic) bond motifs is 2. The van der Waals surface area contributed by atoms with Crippen LogP contribution < -0.4 is 0 Å². The molecule has 3 atom stereocenters. The fraction of sp³-hybridized carbons (Fsp3) is 0.692. The molecule has 0 saturated heterocycles. The summed E-state index contributed by atoms with van der Waals surface area (Å²) in [5, 5.41) is 10.7. The van der Waals surface area contributed by atoms with Gasteiger partial charge in [0.25, 0.3) is 0 Å². The highest BCUT2D eigenvalue weighted by Crippen LogP contribution is 2.51. The van der Waals surface area contributed by atoms with Crippen molar-refractivity contribution < 1.29 is 5.11 Å². The molecule has 0 amide bonds. The summed E-state index contributed by atoms with van der Waals surface area (Å²) in [7, 11) is 0. The van der Waals surface area contributed by atoms with E-state index in [0.29, 0.717) is 11.8 Å². The summed E-state index contributed by atoms with van der Waals surface area (Å²) in [6, 6.07) is 0. The summed E-state index contributed by atoms with van der Waals surface area (Å²) in [6.07, 6.45) is 13.9. The van der Waals surface area contributed by atoms with Crippen LogP contribution >= 0.6 is 0 Å². The Morgan fingerprint density at radius 1 is 1.29 bits per heavy atom. The molecule has 0 aromatic rings. The van der Waals surface area contributed by atoms with Gasteiger partial charge in [0.15, 0.2) is 0 Å². The van der Waals surface area contributed by atoms with Gasteiger partial charge in [-0.25, -0.2) is 0 Å². The minimum atomic E-state index is -0.445. The van der Waals surface area contributed by atoms with Crippen LogP contribution in [0.5, 0.6) is 0 Å². The molecule has 0 unspecified atom stereocenters. The second kappa shape index (κ2) is 2.96. The third-order valence-electron chi connectivity index (χ3n) is 4.21. The highest BCUT2D eigenvalue weighted by atomic mass is 16.3. The monoisotopic (exact) mass is 190 g/mol. The average Bonchev–Trinajstić information content (AvgIpc) is 2.79. The molecule has 0 aliphatic heterocycles. The SMILES string of the molecule is O[C@@]1(C2=CCCCC2)C[C@H]2C=C[C@@H]1C2. The van der Waals surface area contributed by atoms with E-state index >= 15 is 0 Å². The molecular weight excluding hydrogens is 172 g/mol. The van der Waals surface area contributed by atoms with Gasteiger partial charge in [0, 0.05) is 5.92 Å². The van der Waals surface area contributed by atoms with Crippen LogP contribution in [0.3, 0.4) is 0 Å². The molecule has 0 aromatic carbocycles. The first-order valence-electron chi connectivity index (χ1n) is 5.89. The van der Waals surface area contributed by atoms with Crippen molar-refractivity contribution in [1.29, 1.82) is 0 Å². The molecule has 0 aromatic heterocycles. The van der Waals surface area contributed by atoms with Crippen molar-refractivity contribution in [3.8, 4) is 0 Å². The summed E-state index contributed by atoms with van der Waals surface area (Å²) in [5.41, 5.74) is 0.903. The molecule has 1 saturated carbocycles. The first-order valence-corrected chi connectivity index (χ1v) is 5.89. The molecule has 0 radical (unpaired) electrons. The maximum Gasteiger partial charge on any atom is 0.0924 e. The molecule has 2 bridgehead atoms. The van der Waals surface area contributed by atoms with Gasteiger partial charge in [-0.3, -0.25) is 0 Å². The summed E-state index contributed by atoms with van der Waals surface area (Å²) in [5.74, 6) is 1.09. The lowest BCUT2D eigenvalue weighted by Gasteiger charge is -2.34. The molecule has 76 valence electrons. The number of rotatable bonds is 1. The molecule has 14 heavy (non-hydrogen) atoms. The third kappa shape index (κ3) is 1.12. The van der Waals surface area contributed by atoms with Crippen LogP contribution in [-0.2, 0) is 0 Å². The van der Waals surface area contributed by atoms with Crippen molar-refractivity contribution in [3.63, 3.8) is 0 Å². The minimum Gasteiger partial charge on any atom is -0.385 e. The van der Waals surface area contributed by atoms with E-state index in [1.54, 1.807) is 0 Å². The molecule has 0 heterocycles. The van der Waals surface area contributed by atoms with Gasteiger partial charge in [0.05, 0.1) is 5.60 Å². The van der Waals surface area contributed by atoms with Crippen molar-refractivity contribution >= 4 is 0 Å². The summed E-state index contributed by atoms with van der Waals surface area (Å²) in [4.78, 5) is 0. The quantitative estimate of drug-likeness (QED) is 0.630. The van der Waals surface area contributed by atoms with E-state index in [1.807, 2.05) is 0 Å². The van der Waals surface area contributed by atoms with Crippen molar-refractivity contribution in [2.75, 3.05) is 0 Å². The van der Waals surface area contributed by atoms with E-state index < -0.39 is 5.60 Å². The van der Waals surface area contributed by atoms with E-state index in [-0.39, 0.29) is 0 Å². The molecule has 3 aliphatic rings. The number of hydrogen-bond acceptors (Lipinski definition) is 1. The topological polar surface area (TPSA) is 20.2 Å². The Kier molecular flexibility index (Phi) is 1.85. The van der Waals surface area contributed by atoms with Crippen LogP contribution in [0.2, 0.25) is 0 Å². The fourth-order valence-electron chi connectivity index (χ4n) is 3.43. The highest BCUT2D eigenvalue weighted by Gasteiger charge is 2.48. The van der Waals surface area contributed by atoms with Gasteiger partial charge in [-0.1, -0.05) is 18.2 Å². The molecule has 3 rings (SSSR count). The Bertz CT molecular complexity index is 302. The highest BCUT2D eigenvalue weighted by molar-refractivity contribution is 5.30. The molecule has 1 nitrogen and oxygen atoms in total. The van der Waals surface area contributed by atoms with Gasteiger partial charge in [0.2, 0.25) is 0 Å². The van der Waals surface area contributed by atoms with Gasteiger partial charge in [-0.2, -0.15) is 0 Å². The van der Waals surface area contributed by atoms with Gasteiger partial charge in [-0.15, -0.1) is 0 Å². The van der Waals surface area contributed by atoms with Crippen LogP contribution in [0.4, 0.5) is 0 Å². The largest absolute Gasteiger partial charge is 0.385 e. The number of allylic oxidation sites excluding steroid dienone is 2. The standard InChI is InChI=1S/C13H18O/c14-13(11-4-2-1-3-5-11)9-10-6-7-12(13)8-10/h4,6-7,10,12,14H,1-3,5,8-9H2/t10-,12+,13+/m0/s1. The van der Waals surface area contributed by atoms with E-state index in [2.05, 4.69) is 18.2 Å². The normalized spacial score (nSPS) is 45.6. The van der Waals surface area contributed by atoms with Crippen molar-refractivity contribution in [3.05, 3.63) is 23.8 Å². The molecule has 3 aliphatic carbocycles. The van der Waals surface area contributed by atoms with Crippen LogP contribution in [0.25, 0.3) is 0 Å². The van der Waals surface area contributed by atoms with E-state index in [9.17, 15) is 5.11 Å². The maximum absolute atomic E-state index is 10.7. The summed E-state index contributed by atoms with van der Waals surface area (Å²) >= 11 is 0. The van der Waals surface area contributed by atoms with Crippen molar-refractivity contribution in [2.24, 2.45) is 11.8 Å². The van der Waals surface area contributed by atoms with E-state index in [1.165, 1.54) is 31.3 Å². The van der Waals surface area contributed by atoms with Crippen LogP contribution in [0.15, 0.2) is 23.8 Å². The van der Waals surface area contributed by atoms with Gasteiger partial charge >= 0.3 is 0 Å². The maximum atomic E-state index is 10.7. The lowest BCUT2D eigenvalue weighted by molar-refractivity contribution is 0.0473. The minimum absolute atomic E-state index is 0.428. The molecule has 1 heteroatoms. The number of hydrogen-bond donors (Lipinski definition) is 1. The molecule has 1 fully saturated rings. The van der Waals surface area contributed by atoms with Gasteiger partial charge in [-0.05, 0) is 50.0 Å². The lowest BCUT2D eigenvalue weighted by Crippen LogP contribution is -2.36. The molecular formula is C13H18O. The zero-order chi connectivity index (χ0) is 9.60. The Labute approximate surface area is 85.5 Å². The first kappa shape index (κ1) is 8.72. The second-order valence-electron chi connectivity index (χ2n) is 5.09. The third-order valence-corrected chi connectivity index (χ3v) is 4.21. The zero-order valence-corrected chi connectivity index (χ0v) is 8.58. The Balaban J connectivity index is 1.90. The van der Waals surface area contributed by atoms with Crippen molar-refractivity contribution in [2.45, 2.75) is 44.1 Å². The van der Waals surface area contributed by atoms with Crippen molar-refractivity contribution in [1.82, 2.24) is 0 Å². The Morgan fingerprint density at radius 3 is 2.79 bits per heavy atom. The van der Waals surface area contributed by atoms with Crippen LogP contribution in [-0.4, -0.2) is 10.7 Å². The molecule has 0 spiro atoms. The average molecular weight is 190 g/mol. The van der Waals surface area contributed by atoms with Crippen LogP contribution in [0.1, 0.15) is 38.5 Å². The van der Waals surface area contributed by atoms with Crippen LogP contribution in [0, 0.1) is 11.8 Å². The Morgan fingerprint density at radius 2 is 2.21 bits per heavy atom. The summed E-state index contributed by atoms with van der Waals surface area (Å²) in [6.45, 7) is 0. The van der Waals surface area contributed by atoms with Gasteiger partial charge < -0.3 is 5.11 Å². The van der Waals surface area contributed by atoms with Gasteiger partial charge in [0.1, 0.15) is 0 Å². The zero-order valence-electron chi connectivity index (χ0n) is 8.58. The second-order valence-corrected chi connectivity index (χ2v) is 5.09. The number of aliphatic hydroxyl groups is 1. The Hall–Kier alpha value is -0.560. The fourth-order valence-corrected chi connectivity index (χ4v) is 3.43. The first-order chi connectivity index (χ1) is 6.79. The molecule has 1 N–H and O–H groups in total. The smallest absolute Gasteiger partial charge is 0.0924 e. The summed E-state index contributed by atoms with van der Waals surface area (Å²) < 4.78 is 0. The van der Waals surface area contributed by atoms with E-state index in [0.717, 1.165) is 12.8 Å². The predicted molar refractivity (Wildman–Crippen MR) is 56.9 cm³/mol. The predicted octanol–water partition coefficient (Wildman–Crippen LogP) is 2.81. The lowest BCUT2D eigenvalue weighted by atomic mass is 9.77.